The molecule has 4 heteroatoms. The molecule has 12 aromatic carbocycles. The molecule has 4 heterocycles. The average Bonchev–Trinajstić information content (AvgIpc) is 0.798. The van der Waals surface area contributed by atoms with E-state index in [0.29, 0.717) is 0 Å². The summed E-state index contributed by atoms with van der Waals surface area (Å²) in [6.07, 6.45) is 8.67. The maximum absolute atomic E-state index is 2.34. The standard InChI is InChI=1S/C28H28N.2C27H26N.C26H24N/c1-19-15-21(3)28(22(4)16-19)25-13-14-29(5)27(18-25)26-17-24(12-11-20(26)2)23-9-7-6-8-10-23;1-19-13-14-23(22-11-6-5-7-12-22)17-25(19)26-18-24(15-16-28(26)4)27-20(2)9-8-10-21(27)3;1-19-10-13-25(21(3)16-19)24-14-15-28(4)27(18-24)26-17-23(12-11-20(26)2)22-8-6-5-7-9-22;1-19-9-7-8-12-24(19)23-15-16-27(3)26(18-23)25-17-22(14-13-20(25)2)21-10-5-4-6-11-21/h6-18H,1-5H3;2*5-18H,1-4H3;4-18H,1-3H3/q4*+1. The van der Waals surface area contributed by atoms with Crippen molar-refractivity contribution in [1.82, 2.24) is 0 Å². The van der Waals surface area contributed by atoms with Gasteiger partial charge >= 0.3 is 0 Å². The highest BCUT2D eigenvalue weighted by Crippen LogP contribution is 2.38. The Hall–Kier alpha value is -12.8. The third-order valence-electron chi connectivity index (χ3n) is 22.0. The van der Waals surface area contributed by atoms with Crippen molar-refractivity contribution in [2.45, 2.75) is 83.1 Å². The highest BCUT2D eigenvalue weighted by atomic mass is 14.9. The smallest absolute Gasteiger partial charge is 0.201 e. The van der Waals surface area contributed by atoms with Gasteiger partial charge in [0.15, 0.2) is 24.8 Å². The maximum Gasteiger partial charge on any atom is 0.213 e. The summed E-state index contributed by atoms with van der Waals surface area (Å²) in [6.45, 7) is 26.2. The van der Waals surface area contributed by atoms with E-state index in [1.165, 1.54) is 201 Å². The number of aromatic nitrogens is 4. The molecule has 0 spiro atoms. The Morgan fingerprint density at radius 1 is 0.152 bits per heavy atom. The zero-order chi connectivity index (χ0) is 78.7. The number of hydrogen-bond acceptors (Lipinski definition) is 0. The minimum Gasteiger partial charge on any atom is -0.201 e. The minimum absolute atomic E-state index is 1.23. The molecule has 0 aliphatic rings. The molecule has 0 unspecified atom stereocenters. The highest BCUT2D eigenvalue weighted by molar-refractivity contribution is 5.82. The molecule has 16 aromatic rings. The van der Waals surface area contributed by atoms with Crippen LogP contribution in [0.2, 0.25) is 0 Å². The van der Waals surface area contributed by atoms with E-state index in [2.05, 4.69) is 470 Å². The lowest BCUT2D eigenvalue weighted by molar-refractivity contribution is -0.660. The molecule has 112 heavy (non-hydrogen) atoms. The van der Waals surface area contributed by atoms with Crippen molar-refractivity contribution in [3.05, 3.63) is 407 Å². The van der Waals surface area contributed by atoms with E-state index in [9.17, 15) is 0 Å². The summed E-state index contributed by atoms with van der Waals surface area (Å²) < 4.78 is 8.86. The zero-order valence-corrected chi connectivity index (χ0v) is 68.1. The van der Waals surface area contributed by atoms with Gasteiger partial charge in [0.1, 0.15) is 28.2 Å². The zero-order valence-electron chi connectivity index (χ0n) is 68.1. The molecule has 4 aromatic heterocycles. The lowest BCUT2D eigenvalue weighted by atomic mass is 9.92. The molecule has 0 saturated carbocycles. The number of rotatable bonds is 12. The Kier molecular flexibility index (Phi) is 24.1. The summed E-state index contributed by atoms with van der Waals surface area (Å²) in [5.41, 5.74) is 46.0. The second-order valence-electron chi connectivity index (χ2n) is 30.4. The fourth-order valence-corrected chi connectivity index (χ4v) is 15.8. The second kappa shape index (κ2) is 34.9. The van der Waals surface area contributed by atoms with Crippen LogP contribution in [-0.2, 0) is 28.2 Å². The molecule has 0 amide bonds. The van der Waals surface area contributed by atoms with Crippen LogP contribution in [0.3, 0.4) is 0 Å². The largest absolute Gasteiger partial charge is 0.213 e. The molecule has 0 N–H and O–H groups in total. The SMILES string of the molecule is Cc1cc(C)c(-c2cc[n+](C)c(-c3cc(-c4ccccc4)ccc3C)c2)c(C)c1.Cc1ccc(-c2cc[n+](C)c(-c3cc(-c4ccccc4)ccc3C)c2)c(C)c1.Cc1ccc(-c2ccccc2)cc1-c1cc(-c2c(C)cccc2C)cc[n+]1C.Cc1ccccc1-c1cc[n+](C)c(-c2cc(-c3ccccc3)ccc2C)c1. The lowest BCUT2D eigenvalue weighted by Gasteiger charge is -2.13. The molecular weight excluding hydrogens is 1350 g/mol. The van der Waals surface area contributed by atoms with Crippen LogP contribution in [0.5, 0.6) is 0 Å². The maximum atomic E-state index is 2.34. The van der Waals surface area contributed by atoms with Crippen molar-refractivity contribution >= 4 is 0 Å². The van der Waals surface area contributed by atoms with E-state index in [4.69, 9.17) is 0 Å². The van der Waals surface area contributed by atoms with Crippen LogP contribution in [0.1, 0.15) is 66.8 Å². The van der Waals surface area contributed by atoms with Gasteiger partial charge in [-0.05, 0) is 252 Å². The van der Waals surface area contributed by atoms with Gasteiger partial charge in [-0.3, -0.25) is 0 Å². The summed E-state index contributed by atoms with van der Waals surface area (Å²) in [5, 5.41) is 0. The van der Waals surface area contributed by atoms with Crippen molar-refractivity contribution < 1.29 is 18.3 Å². The van der Waals surface area contributed by atoms with Crippen LogP contribution in [0.4, 0.5) is 0 Å². The van der Waals surface area contributed by atoms with Gasteiger partial charge in [-0.25, -0.2) is 18.3 Å². The van der Waals surface area contributed by atoms with Crippen LogP contribution in [0.15, 0.2) is 340 Å². The van der Waals surface area contributed by atoms with Gasteiger partial charge in [0.2, 0.25) is 22.8 Å². The molecule has 0 aliphatic heterocycles. The third-order valence-corrected chi connectivity index (χ3v) is 22.0. The summed E-state index contributed by atoms with van der Waals surface area (Å²) in [5.74, 6) is 0. The Labute approximate surface area is 666 Å². The fraction of sp³-hybridized carbons (Fsp3) is 0.148. The van der Waals surface area contributed by atoms with E-state index in [1.807, 2.05) is 0 Å². The normalized spacial score (nSPS) is 10.9. The topological polar surface area (TPSA) is 15.5 Å². The number of aryl methyl sites for hydroxylation is 16. The van der Waals surface area contributed by atoms with Crippen LogP contribution in [0.25, 0.3) is 134 Å². The average molecular weight is 1460 g/mol. The first kappa shape index (κ1) is 77.4. The van der Waals surface area contributed by atoms with Crippen molar-refractivity contribution in [2.24, 2.45) is 28.2 Å². The molecule has 552 valence electrons. The predicted octanol–water partition coefficient (Wildman–Crippen LogP) is 25.7. The molecular formula is C108H104N4+4. The van der Waals surface area contributed by atoms with E-state index >= 15 is 0 Å². The Balaban J connectivity index is 0.000000131. The number of benzene rings is 12. The Morgan fingerprint density at radius 2 is 0.420 bits per heavy atom. The van der Waals surface area contributed by atoms with Crippen LogP contribution in [-0.4, -0.2) is 0 Å². The van der Waals surface area contributed by atoms with E-state index < -0.39 is 0 Å². The van der Waals surface area contributed by atoms with Gasteiger partial charge < -0.3 is 0 Å². The minimum atomic E-state index is 1.23. The molecule has 0 saturated heterocycles. The first-order valence-electron chi connectivity index (χ1n) is 39.1. The quantitative estimate of drug-likeness (QED) is 0.108. The molecule has 16 rings (SSSR count). The van der Waals surface area contributed by atoms with E-state index in [-0.39, 0.29) is 0 Å². The first-order chi connectivity index (χ1) is 54.1. The van der Waals surface area contributed by atoms with E-state index in [0.717, 1.165) is 0 Å². The van der Waals surface area contributed by atoms with Crippen LogP contribution >= 0.6 is 0 Å². The van der Waals surface area contributed by atoms with Gasteiger partial charge in [-0.2, -0.15) is 0 Å². The van der Waals surface area contributed by atoms with Crippen molar-refractivity contribution in [3.8, 4) is 134 Å². The number of hydrogen-bond donors (Lipinski definition) is 0. The summed E-state index contributed by atoms with van der Waals surface area (Å²) in [4.78, 5) is 0. The molecule has 4 nitrogen and oxygen atoms in total. The second-order valence-corrected chi connectivity index (χ2v) is 30.4. The predicted molar refractivity (Wildman–Crippen MR) is 473 cm³/mol. The summed E-state index contributed by atoms with van der Waals surface area (Å²) >= 11 is 0. The third kappa shape index (κ3) is 17.8. The Bertz CT molecular complexity index is 6010. The van der Waals surface area contributed by atoms with Crippen molar-refractivity contribution in [2.75, 3.05) is 0 Å². The van der Waals surface area contributed by atoms with Gasteiger partial charge in [0.25, 0.3) is 0 Å². The summed E-state index contributed by atoms with van der Waals surface area (Å²) in [7, 11) is 8.49. The van der Waals surface area contributed by atoms with E-state index in [1.54, 1.807) is 0 Å². The van der Waals surface area contributed by atoms with Crippen LogP contribution in [0, 0.1) is 83.1 Å². The van der Waals surface area contributed by atoms with Gasteiger partial charge in [-0.15, -0.1) is 0 Å². The van der Waals surface area contributed by atoms with Gasteiger partial charge in [0.05, 0.1) is 0 Å². The molecule has 0 aliphatic carbocycles. The Morgan fingerprint density at radius 3 is 0.750 bits per heavy atom. The summed E-state index contributed by atoms with van der Waals surface area (Å²) in [6, 6.07) is 114. The fourth-order valence-electron chi connectivity index (χ4n) is 15.8. The monoisotopic (exact) mass is 1460 g/mol. The number of pyridine rings is 4. The van der Waals surface area contributed by atoms with Crippen molar-refractivity contribution in [3.63, 3.8) is 0 Å². The van der Waals surface area contributed by atoms with Crippen molar-refractivity contribution in [1.29, 1.82) is 0 Å². The first-order valence-corrected chi connectivity index (χ1v) is 39.1. The lowest BCUT2D eigenvalue weighted by Crippen LogP contribution is -2.30. The number of nitrogens with zero attached hydrogens (tertiary/aromatic N) is 4. The van der Waals surface area contributed by atoms with Gasteiger partial charge in [0, 0.05) is 70.8 Å². The highest BCUT2D eigenvalue weighted by Gasteiger charge is 2.22. The molecule has 0 fully saturated rings. The molecule has 0 bridgehead atoms. The van der Waals surface area contributed by atoms with Crippen LogP contribution < -0.4 is 18.3 Å². The molecule has 0 radical (unpaired) electrons. The van der Waals surface area contributed by atoms with Gasteiger partial charge in [-0.1, -0.05) is 254 Å². The molecule has 0 atom stereocenters.